The van der Waals surface area contributed by atoms with E-state index in [1.807, 2.05) is 4.90 Å². The quantitative estimate of drug-likeness (QED) is 0.373. The molecule has 0 amide bonds. The highest BCUT2D eigenvalue weighted by Crippen LogP contribution is 2.26. The molecule has 2 aromatic rings. The largest absolute Gasteiger partial charge is 0.481 e. The number of halogens is 1. The lowest BCUT2D eigenvalue weighted by atomic mass is 9.96. The van der Waals surface area contributed by atoms with Crippen LogP contribution in [0, 0.1) is 16.0 Å². The number of rotatable bonds is 4. The third-order valence-corrected chi connectivity index (χ3v) is 4.45. The minimum Gasteiger partial charge on any atom is -0.481 e. The van der Waals surface area contributed by atoms with Crippen molar-refractivity contribution in [2.24, 2.45) is 5.92 Å². The average Bonchev–Trinajstić information content (AvgIpc) is 2.56. The van der Waals surface area contributed by atoms with Crippen LogP contribution in [0.25, 0.3) is 11.0 Å². The van der Waals surface area contributed by atoms with Crippen molar-refractivity contribution in [1.82, 2.24) is 14.9 Å². The van der Waals surface area contributed by atoms with E-state index in [0.29, 0.717) is 37.0 Å². The maximum atomic E-state index is 11.5. The van der Waals surface area contributed by atoms with Crippen LogP contribution >= 0.6 is 17.0 Å². The molecule has 0 spiro atoms. The van der Waals surface area contributed by atoms with Crippen molar-refractivity contribution in [2.75, 3.05) is 13.1 Å². The number of fused-ring (bicyclic) bond motifs is 1. The molecule has 0 unspecified atom stereocenters. The van der Waals surface area contributed by atoms with Crippen molar-refractivity contribution >= 4 is 39.7 Å². The van der Waals surface area contributed by atoms with Crippen molar-refractivity contribution in [3.63, 3.8) is 0 Å². The number of aliphatic carboxylic acids is 1. The van der Waals surface area contributed by atoms with Crippen LogP contribution < -0.4 is 11.1 Å². The first-order valence-corrected chi connectivity index (χ1v) is 7.74. The summed E-state index contributed by atoms with van der Waals surface area (Å²) in [6.45, 7) is 1.31. The highest BCUT2D eigenvalue weighted by atomic mass is 79.9. The van der Waals surface area contributed by atoms with Crippen LogP contribution in [0.1, 0.15) is 18.4 Å². The van der Waals surface area contributed by atoms with Gasteiger partial charge in [-0.2, -0.15) is 0 Å². The lowest BCUT2D eigenvalue weighted by Gasteiger charge is -2.29. The minimum atomic E-state index is -0.870. The van der Waals surface area contributed by atoms with Gasteiger partial charge in [0.05, 0.1) is 21.9 Å². The van der Waals surface area contributed by atoms with E-state index < -0.39 is 22.0 Å². The van der Waals surface area contributed by atoms with Gasteiger partial charge in [0, 0.05) is 18.2 Å². The SMILES string of the molecule is Br.O=C(O)C1CCN(Cc2cc3[nH]c(=O)c(=O)[nH]c3cc2[N+](=O)[O-])CC1. The topological polar surface area (TPSA) is 149 Å². The van der Waals surface area contributed by atoms with E-state index in [-0.39, 0.29) is 40.6 Å². The third kappa shape index (κ3) is 3.99. The van der Waals surface area contributed by atoms with Crippen molar-refractivity contribution < 1.29 is 14.8 Å². The molecule has 1 saturated heterocycles. The van der Waals surface area contributed by atoms with E-state index in [1.54, 1.807) is 0 Å². The number of hydrogen-bond donors (Lipinski definition) is 3. The lowest BCUT2D eigenvalue weighted by Crippen LogP contribution is -2.36. The van der Waals surface area contributed by atoms with Crippen LogP contribution in [0.2, 0.25) is 0 Å². The zero-order valence-electron chi connectivity index (χ0n) is 13.6. The molecule has 26 heavy (non-hydrogen) atoms. The van der Waals surface area contributed by atoms with Gasteiger partial charge in [-0.25, -0.2) is 0 Å². The van der Waals surface area contributed by atoms with Crippen LogP contribution in [-0.2, 0) is 11.3 Å². The summed E-state index contributed by atoms with van der Waals surface area (Å²) in [4.78, 5) is 51.3. The molecule has 3 rings (SSSR count). The molecule has 2 heterocycles. The van der Waals surface area contributed by atoms with E-state index in [9.17, 15) is 24.5 Å². The molecule has 0 bridgehead atoms. The number of benzene rings is 1. The molecule has 1 fully saturated rings. The number of H-pyrrole nitrogens is 2. The van der Waals surface area contributed by atoms with Crippen LogP contribution in [0.15, 0.2) is 21.7 Å². The summed E-state index contributed by atoms with van der Waals surface area (Å²) in [6, 6.07) is 2.71. The van der Waals surface area contributed by atoms with Crippen LogP contribution in [-0.4, -0.2) is 44.0 Å². The fourth-order valence-electron chi connectivity index (χ4n) is 3.07. The fourth-order valence-corrected chi connectivity index (χ4v) is 3.07. The number of carboxylic acids is 1. The lowest BCUT2D eigenvalue weighted by molar-refractivity contribution is -0.385. The van der Waals surface area contributed by atoms with Gasteiger partial charge < -0.3 is 15.1 Å². The van der Waals surface area contributed by atoms with E-state index in [2.05, 4.69) is 9.97 Å². The molecule has 3 N–H and O–H groups in total. The summed E-state index contributed by atoms with van der Waals surface area (Å²) in [5.74, 6) is -1.21. The Labute approximate surface area is 156 Å². The molecule has 1 aliphatic rings. The minimum absolute atomic E-state index is 0. The Morgan fingerprint density at radius 1 is 1.19 bits per heavy atom. The summed E-state index contributed by atoms with van der Waals surface area (Å²) >= 11 is 0. The van der Waals surface area contributed by atoms with Gasteiger partial charge in [0.1, 0.15) is 0 Å². The Balaban J connectivity index is 0.00000243. The zero-order chi connectivity index (χ0) is 18.1. The molecule has 10 nitrogen and oxygen atoms in total. The number of aromatic nitrogens is 2. The number of nitrogens with zero attached hydrogens (tertiary/aromatic N) is 2. The van der Waals surface area contributed by atoms with Gasteiger partial charge >= 0.3 is 17.1 Å². The Kier molecular flexibility index (Phi) is 5.93. The molecule has 1 aromatic carbocycles. The van der Waals surface area contributed by atoms with Gasteiger partial charge in [-0.05, 0) is 32.0 Å². The smallest absolute Gasteiger partial charge is 0.314 e. The summed E-state index contributed by atoms with van der Waals surface area (Å²) in [5.41, 5.74) is -0.959. The molecule has 0 saturated carbocycles. The molecular formula is C15H17BrN4O6. The van der Waals surface area contributed by atoms with Gasteiger partial charge in [0.2, 0.25) is 0 Å². The normalized spacial score (nSPS) is 15.5. The number of nitrogens with one attached hydrogen (secondary N) is 2. The number of carbonyl (C=O) groups is 1. The molecule has 0 radical (unpaired) electrons. The van der Waals surface area contributed by atoms with Crippen molar-refractivity contribution in [2.45, 2.75) is 19.4 Å². The molecule has 11 heteroatoms. The Morgan fingerprint density at radius 3 is 2.23 bits per heavy atom. The Hall–Kier alpha value is -2.53. The number of aromatic amines is 2. The number of nitro benzene ring substituents is 1. The van der Waals surface area contributed by atoms with Crippen molar-refractivity contribution in [1.29, 1.82) is 0 Å². The highest BCUT2D eigenvalue weighted by molar-refractivity contribution is 8.93. The first-order valence-electron chi connectivity index (χ1n) is 7.74. The maximum absolute atomic E-state index is 11.5. The standard InChI is InChI=1S/C15H16N4O6.BrH/c20-13-14(21)17-11-6-12(19(24)25)9(5-10(11)16-13)7-18-3-1-8(2-4-18)15(22)23;/h5-6,8H,1-4,7H2,(H,16,20)(H,17,21)(H,22,23);1H. The van der Waals surface area contributed by atoms with E-state index in [0.717, 1.165) is 0 Å². The fraction of sp³-hybridized carbons (Fsp3) is 0.400. The summed E-state index contributed by atoms with van der Waals surface area (Å²) in [7, 11) is 0. The molecule has 0 atom stereocenters. The molecule has 140 valence electrons. The van der Waals surface area contributed by atoms with Gasteiger partial charge in [-0.3, -0.25) is 29.4 Å². The Bertz CT molecular complexity index is 961. The molecule has 0 aliphatic carbocycles. The number of nitro groups is 1. The first-order chi connectivity index (χ1) is 11.8. The predicted molar refractivity (Wildman–Crippen MR) is 97.8 cm³/mol. The van der Waals surface area contributed by atoms with E-state index in [4.69, 9.17) is 5.11 Å². The second-order valence-corrected chi connectivity index (χ2v) is 6.08. The summed E-state index contributed by atoms with van der Waals surface area (Å²) in [5, 5.41) is 20.4. The number of hydrogen-bond acceptors (Lipinski definition) is 6. The van der Waals surface area contributed by atoms with Gasteiger partial charge in [-0.15, -0.1) is 17.0 Å². The van der Waals surface area contributed by atoms with Crippen LogP contribution in [0.3, 0.4) is 0 Å². The van der Waals surface area contributed by atoms with Gasteiger partial charge in [-0.1, -0.05) is 0 Å². The van der Waals surface area contributed by atoms with E-state index >= 15 is 0 Å². The first kappa shape index (κ1) is 19.8. The molecule has 1 aromatic heterocycles. The van der Waals surface area contributed by atoms with Gasteiger partial charge in [0.25, 0.3) is 5.69 Å². The third-order valence-electron chi connectivity index (χ3n) is 4.45. The Morgan fingerprint density at radius 2 is 1.73 bits per heavy atom. The second-order valence-electron chi connectivity index (χ2n) is 6.08. The highest BCUT2D eigenvalue weighted by Gasteiger charge is 2.26. The van der Waals surface area contributed by atoms with Crippen molar-refractivity contribution in [3.05, 3.63) is 48.5 Å². The maximum Gasteiger partial charge on any atom is 0.314 e. The van der Waals surface area contributed by atoms with E-state index in [1.165, 1.54) is 12.1 Å². The van der Waals surface area contributed by atoms with Gasteiger partial charge in [0.15, 0.2) is 0 Å². The average molecular weight is 429 g/mol. The van der Waals surface area contributed by atoms with Crippen LogP contribution in [0.4, 0.5) is 5.69 Å². The zero-order valence-corrected chi connectivity index (χ0v) is 15.3. The number of likely N-dealkylation sites (tertiary alicyclic amines) is 1. The monoisotopic (exact) mass is 428 g/mol. The van der Waals surface area contributed by atoms with Crippen molar-refractivity contribution in [3.8, 4) is 0 Å². The van der Waals surface area contributed by atoms with Crippen LogP contribution in [0.5, 0.6) is 0 Å². The number of piperidine rings is 1. The molecular weight excluding hydrogens is 412 g/mol. The molecule has 1 aliphatic heterocycles. The summed E-state index contributed by atoms with van der Waals surface area (Å²) < 4.78 is 0. The predicted octanol–water partition coefficient (Wildman–Crippen LogP) is 0.999. The second kappa shape index (κ2) is 7.79. The summed E-state index contributed by atoms with van der Waals surface area (Å²) in [6.07, 6.45) is 0.974. The number of carboxylic acid groups (broad SMARTS) is 1.